The molecule has 0 N–H and O–H groups in total. The molecule has 4 nitrogen and oxygen atoms in total. The van der Waals surface area contributed by atoms with Crippen molar-refractivity contribution in [3.63, 3.8) is 0 Å². The average Bonchev–Trinajstić information content (AvgIpc) is 2.71. The van der Waals surface area contributed by atoms with Gasteiger partial charge in [-0.1, -0.05) is 33.9 Å². The van der Waals surface area contributed by atoms with Gasteiger partial charge in [0.2, 0.25) is 11.8 Å². The van der Waals surface area contributed by atoms with Crippen LogP contribution in [0.25, 0.3) is 0 Å². The first-order chi connectivity index (χ1) is 9.66. The van der Waals surface area contributed by atoms with Crippen LogP contribution in [-0.4, -0.2) is 43.2 Å². The largest absolute Gasteiger partial charge is 0.376 e. The van der Waals surface area contributed by atoms with Crippen LogP contribution in [0.2, 0.25) is 18.1 Å². The number of hydrogen-bond donors (Lipinski definition) is 0. The van der Waals surface area contributed by atoms with E-state index in [2.05, 4.69) is 33.9 Å². The van der Waals surface area contributed by atoms with Gasteiger partial charge in [-0.15, -0.1) is 0 Å². The van der Waals surface area contributed by atoms with E-state index in [1.807, 2.05) is 0 Å². The highest BCUT2D eigenvalue weighted by molar-refractivity contribution is 6.82. The summed E-state index contributed by atoms with van der Waals surface area (Å²) in [4.78, 5) is 26.2. The van der Waals surface area contributed by atoms with Gasteiger partial charge in [0.05, 0.1) is 19.8 Å². The topological polar surface area (TPSA) is 46.6 Å². The standard InChI is InChI=1S/C16H29NO3Si/c1-16(2,3)21(4,5)15(12-8-6-7-11-20-12)17-13(18)9-10-14(17)19/h12,15H,6-11H2,1-5H3. The van der Waals surface area contributed by atoms with Crippen molar-refractivity contribution < 1.29 is 14.3 Å². The van der Waals surface area contributed by atoms with Crippen molar-refractivity contribution in [1.29, 1.82) is 0 Å². The maximum Gasteiger partial charge on any atom is 0.229 e. The molecule has 0 aliphatic carbocycles. The zero-order chi connectivity index (χ0) is 15.8. The zero-order valence-electron chi connectivity index (χ0n) is 14.1. The Labute approximate surface area is 129 Å². The minimum atomic E-state index is -1.91. The van der Waals surface area contributed by atoms with Crippen LogP contribution in [0, 0.1) is 0 Å². The van der Waals surface area contributed by atoms with Crippen LogP contribution < -0.4 is 0 Å². The summed E-state index contributed by atoms with van der Waals surface area (Å²) in [5.74, 6) is 0.00740. The summed E-state index contributed by atoms with van der Waals surface area (Å²) in [6.07, 6.45) is 3.96. The van der Waals surface area contributed by atoms with Gasteiger partial charge in [-0.05, 0) is 24.3 Å². The number of ether oxygens (including phenoxy) is 1. The van der Waals surface area contributed by atoms with E-state index >= 15 is 0 Å². The maximum absolute atomic E-state index is 12.3. The Morgan fingerprint density at radius 2 is 1.71 bits per heavy atom. The van der Waals surface area contributed by atoms with E-state index in [0.29, 0.717) is 12.8 Å². The molecule has 120 valence electrons. The second kappa shape index (κ2) is 5.84. The molecular formula is C16H29NO3Si. The van der Waals surface area contributed by atoms with Crippen molar-refractivity contribution in [1.82, 2.24) is 4.90 Å². The predicted octanol–water partition coefficient (Wildman–Crippen LogP) is 3.12. The lowest BCUT2D eigenvalue weighted by molar-refractivity contribution is -0.143. The third-order valence-corrected chi connectivity index (χ3v) is 11.6. The van der Waals surface area contributed by atoms with Crippen molar-refractivity contribution >= 4 is 19.9 Å². The molecule has 2 atom stereocenters. The Morgan fingerprint density at radius 1 is 1.14 bits per heavy atom. The molecule has 21 heavy (non-hydrogen) atoms. The van der Waals surface area contributed by atoms with Crippen LogP contribution >= 0.6 is 0 Å². The van der Waals surface area contributed by atoms with Crippen LogP contribution in [0.1, 0.15) is 52.9 Å². The van der Waals surface area contributed by atoms with E-state index < -0.39 is 8.07 Å². The van der Waals surface area contributed by atoms with Crippen molar-refractivity contribution in [3.8, 4) is 0 Å². The number of amides is 2. The Morgan fingerprint density at radius 3 is 2.14 bits per heavy atom. The van der Waals surface area contributed by atoms with Gasteiger partial charge >= 0.3 is 0 Å². The monoisotopic (exact) mass is 311 g/mol. The van der Waals surface area contributed by atoms with Gasteiger partial charge in [0.25, 0.3) is 0 Å². The molecular weight excluding hydrogens is 282 g/mol. The van der Waals surface area contributed by atoms with Gasteiger partial charge in [-0.3, -0.25) is 14.5 Å². The van der Waals surface area contributed by atoms with E-state index in [0.717, 1.165) is 25.9 Å². The number of carbonyl (C=O) groups is 2. The normalized spacial score (nSPS) is 26.3. The van der Waals surface area contributed by atoms with Crippen LogP contribution in [0.3, 0.4) is 0 Å². The van der Waals surface area contributed by atoms with E-state index in [4.69, 9.17) is 4.74 Å². The summed E-state index contributed by atoms with van der Waals surface area (Å²) < 4.78 is 6.02. The van der Waals surface area contributed by atoms with Gasteiger partial charge in [0.15, 0.2) is 0 Å². The van der Waals surface area contributed by atoms with Crippen molar-refractivity contribution in [2.24, 2.45) is 0 Å². The molecule has 5 heteroatoms. The third kappa shape index (κ3) is 3.09. The fourth-order valence-corrected chi connectivity index (χ4v) is 6.33. The summed E-state index contributed by atoms with van der Waals surface area (Å²) >= 11 is 0. The van der Waals surface area contributed by atoms with Crippen LogP contribution in [0.5, 0.6) is 0 Å². The Kier molecular flexibility index (Phi) is 4.64. The Hall–Kier alpha value is -0.683. The second-order valence-corrected chi connectivity index (χ2v) is 13.5. The molecule has 2 aliphatic heterocycles. The minimum Gasteiger partial charge on any atom is -0.376 e. The van der Waals surface area contributed by atoms with Gasteiger partial charge in [0, 0.05) is 19.4 Å². The highest BCUT2D eigenvalue weighted by Crippen LogP contribution is 2.43. The molecule has 0 saturated carbocycles. The molecule has 2 unspecified atom stereocenters. The van der Waals surface area contributed by atoms with Crippen LogP contribution in [0.4, 0.5) is 0 Å². The minimum absolute atomic E-state index is 0.00370. The first-order valence-corrected chi connectivity index (χ1v) is 11.2. The highest BCUT2D eigenvalue weighted by atomic mass is 28.3. The predicted molar refractivity (Wildman–Crippen MR) is 85.7 cm³/mol. The second-order valence-electron chi connectivity index (χ2n) is 7.98. The SMILES string of the molecule is CC(C)(C)[Si](C)(C)C(C1CCCCO1)N1C(=O)CCC1=O. The molecule has 0 aromatic rings. The Balaban J connectivity index is 2.38. The van der Waals surface area contributed by atoms with E-state index in [-0.39, 0.29) is 28.6 Å². The number of likely N-dealkylation sites (tertiary alicyclic amines) is 1. The summed E-state index contributed by atoms with van der Waals surface area (Å²) in [6, 6.07) is 0. The number of imide groups is 1. The van der Waals surface area contributed by atoms with Crippen LogP contribution in [0.15, 0.2) is 0 Å². The quantitative estimate of drug-likeness (QED) is 0.594. The van der Waals surface area contributed by atoms with Gasteiger partial charge in [-0.2, -0.15) is 0 Å². The summed E-state index contributed by atoms with van der Waals surface area (Å²) in [5.41, 5.74) is -0.0275. The van der Waals surface area contributed by atoms with Crippen molar-refractivity contribution in [2.75, 3.05) is 6.61 Å². The zero-order valence-corrected chi connectivity index (χ0v) is 15.1. The lowest BCUT2D eigenvalue weighted by Crippen LogP contribution is -2.64. The van der Waals surface area contributed by atoms with E-state index in [1.165, 1.54) is 0 Å². The van der Waals surface area contributed by atoms with Crippen molar-refractivity contribution in [2.45, 2.75) is 82.8 Å². The number of hydrogen-bond acceptors (Lipinski definition) is 3. The molecule has 0 aromatic heterocycles. The number of carbonyl (C=O) groups excluding carboxylic acids is 2. The molecule has 2 amide bonds. The summed E-state index contributed by atoms with van der Waals surface area (Å²) in [5, 5.41) is 0.113. The molecule has 0 aromatic carbocycles. The smallest absolute Gasteiger partial charge is 0.229 e. The van der Waals surface area contributed by atoms with E-state index in [9.17, 15) is 9.59 Å². The van der Waals surface area contributed by atoms with Gasteiger partial charge < -0.3 is 4.74 Å². The summed E-state index contributed by atoms with van der Waals surface area (Å²) in [7, 11) is -1.91. The molecule has 2 fully saturated rings. The molecule has 0 spiro atoms. The van der Waals surface area contributed by atoms with Crippen LogP contribution in [-0.2, 0) is 14.3 Å². The highest BCUT2D eigenvalue weighted by Gasteiger charge is 2.53. The molecule has 2 saturated heterocycles. The first-order valence-electron chi connectivity index (χ1n) is 8.13. The fraction of sp³-hybridized carbons (Fsp3) is 0.875. The van der Waals surface area contributed by atoms with Gasteiger partial charge in [-0.25, -0.2) is 0 Å². The number of nitrogens with zero attached hydrogens (tertiary/aromatic N) is 1. The molecule has 2 rings (SSSR count). The third-order valence-electron chi connectivity index (χ3n) is 5.61. The van der Waals surface area contributed by atoms with E-state index in [1.54, 1.807) is 4.90 Å². The number of rotatable bonds is 3. The molecule has 0 bridgehead atoms. The molecule has 0 radical (unpaired) electrons. The average molecular weight is 311 g/mol. The Bertz CT molecular complexity index is 406. The summed E-state index contributed by atoms with van der Waals surface area (Å²) in [6.45, 7) is 12.1. The molecule has 2 heterocycles. The lowest BCUT2D eigenvalue weighted by Gasteiger charge is -2.49. The maximum atomic E-state index is 12.3. The fourth-order valence-electron chi connectivity index (χ4n) is 3.32. The first kappa shape index (κ1) is 16.7. The van der Waals surface area contributed by atoms with Gasteiger partial charge in [0.1, 0.15) is 0 Å². The molecule has 2 aliphatic rings. The van der Waals surface area contributed by atoms with Crippen molar-refractivity contribution in [3.05, 3.63) is 0 Å². The lowest BCUT2D eigenvalue weighted by atomic mass is 10.1.